The molecule has 0 bridgehead atoms. The highest BCUT2D eigenvalue weighted by Crippen LogP contribution is 2.63. The fraction of sp³-hybridized carbons (Fsp3) is 0.417. The van der Waals surface area contributed by atoms with Crippen molar-refractivity contribution >= 4 is 17.5 Å². The van der Waals surface area contributed by atoms with Crippen LogP contribution in [0.15, 0.2) is 54.6 Å². The fourth-order valence-electron chi connectivity index (χ4n) is 4.71. The molecule has 4 heteroatoms. The summed E-state index contributed by atoms with van der Waals surface area (Å²) in [6.45, 7) is 5.24. The lowest BCUT2D eigenvalue weighted by Crippen LogP contribution is -2.32. The lowest BCUT2D eigenvalue weighted by molar-refractivity contribution is -0.122. The minimum absolute atomic E-state index is 0.0268. The van der Waals surface area contributed by atoms with Crippen LogP contribution in [0.25, 0.3) is 0 Å². The highest BCUT2D eigenvalue weighted by atomic mass is 16.2. The number of hydrogen-bond acceptors (Lipinski definition) is 2. The number of carbonyl (C=O) groups excluding carboxylic acids is 2. The van der Waals surface area contributed by atoms with E-state index in [2.05, 4.69) is 48.7 Å². The van der Waals surface area contributed by atoms with E-state index in [4.69, 9.17) is 0 Å². The van der Waals surface area contributed by atoms with Crippen molar-refractivity contribution in [2.45, 2.75) is 39.0 Å². The number of para-hydroxylation sites is 1. The number of anilines is 1. The summed E-state index contributed by atoms with van der Waals surface area (Å²) in [6.07, 6.45) is 1.69. The maximum atomic E-state index is 12.4. The Morgan fingerprint density at radius 2 is 1.82 bits per heavy atom. The first kappa shape index (κ1) is 18.7. The molecule has 4 rings (SSSR count). The second-order valence-electron chi connectivity index (χ2n) is 8.71. The Morgan fingerprint density at radius 1 is 1.11 bits per heavy atom. The van der Waals surface area contributed by atoms with Crippen molar-refractivity contribution in [1.82, 2.24) is 5.32 Å². The largest absolute Gasteiger partial charge is 0.356 e. The average Bonchev–Trinajstić information content (AvgIpc) is 3.25. The van der Waals surface area contributed by atoms with Crippen LogP contribution in [0.5, 0.6) is 0 Å². The summed E-state index contributed by atoms with van der Waals surface area (Å²) in [5.41, 5.74) is 3.61. The molecule has 0 unspecified atom stereocenters. The van der Waals surface area contributed by atoms with Crippen molar-refractivity contribution in [2.75, 3.05) is 11.9 Å². The molecule has 1 aliphatic heterocycles. The summed E-state index contributed by atoms with van der Waals surface area (Å²) in [7, 11) is 0. The predicted molar refractivity (Wildman–Crippen MR) is 111 cm³/mol. The Bertz CT molecular complexity index is 875. The molecule has 2 amide bonds. The van der Waals surface area contributed by atoms with E-state index in [-0.39, 0.29) is 23.1 Å². The fourth-order valence-corrected chi connectivity index (χ4v) is 4.71. The minimum atomic E-state index is -0.130. The third kappa shape index (κ3) is 3.68. The first-order chi connectivity index (χ1) is 13.5. The zero-order valence-corrected chi connectivity index (χ0v) is 16.6. The van der Waals surface area contributed by atoms with Gasteiger partial charge in [0.1, 0.15) is 0 Å². The second kappa shape index (κ2) is 7.42. The molecule has 1 heterocycles. The van der Waals surface area contributed by atoms with Crippen LogP contribution in [0.1, 0.15) is 43.7 Å². The van der Waals surface area contributed by atoms with E-state index in [1.54, 1.807) is 0 Å². The van der Waals surface area contributed by atoms with Crippen molar-refractivity contribution in [1.29, 1.82) is 0 Å². The molecule has 28 heavy (non-hydrogen) atoms. The summed E-state index contributed by atoms with van der Waals surface area (Å²) in [5.74, 6) is 0.897. The van der Waals surface area contributed by atoms with Gasteiger partial charge in [0.2, 0.25) is 11.8 Å². The van der Waals surface area contributed by atoms with Gasteiger partial charge in [-0.25, -0.2) is 0 Å². The smallest absolute Gasteiger partial charge is 0.227 e. The van der Waals surface area contributed by atoms with Gasteiger partial charge in [-0.3, -0.25) is 9.59 Å². The Kier molecular flexibility index (Phi) is 4.96. The van der Waals surface area contributed by atoms with Crippen LogP contribution in [0.3, 0.4) is 0 Å². The van der Waals surface area contributed by atoms with Crippen molar-refractivity contribution in [3.8, 4) is 0 Å². The highest BCUT2D eigenvalue weighted by Gasteiger charge is 2.57. The quantitative estimate of drug-likeness (QED) is 0.796. The first-order valence-electron chi connectivity index (χ1n) is 10.2. The van der Waals surface area contributed by atoms with Gasteiger partial charge in [0.25, 0.3) is 0 Å². The molecule has 4 nitrogen and oxygen atoms in total. The Hall–Kier alpha value is -2.62. The molecular weight excluding hydrogens is 348 g/mol. The predicted octanol–water partition coefficient (Wildman–Crippen LogP) is 4.13. The van der Waals surface area contributed by atoms with E-state index < -0.39 is 0 Å². The molecule has 0 spiro atoms. The number of amides is 2. The van der Waals surface area contributed by atoms with Gasteiger partial charge in [0.05, 0.1) is 0 Å². The second-order valence-corrected chi connectivity index (χ2v) is 8.71. The number of nitrogens with one attached hydrogen (secondary N) is 2. The van der Waals surface area contributed by atoms with Crippen molar-refractivity contribution in [2.24, 2.45) is 17.3 Å². The molecule has 1 fully saturated rings. The van der Waals surface area contributed by atoms with Crippen LogP contribution in [0, 0.1) is 17.3 Å². The molecule has 3 atom stereocenters. The zero-order valence-electron chi connectivity index (χ0n) is 16.6. The molecule has 0 saturated heterocycles. The number of carbonyl (C=O) groups is 2. The van der Waals surface area contributed by atoms with Gasteiger partial charge in [-0.1, -0.05) is 62.4 Å². The SMILES string of the molecule is CC1(C)[C@H](CNC(=O)CC[C@@H]2Cc3ccccc3NC2=O)[C@@H]1c1ccccc1. The Labute approximate surface area is 166 Å². The van der Waals surface area contributed by atoms with Gasteiger partial charge >= 0.3 is 0 Å². The Balaban J connectivity index is 1.26. The van der Waals surface area contributed by atoms with E-state index in [0.29, 0.717) is 37.6 Å². The monoisotopic (exact) mass is 376 g/mol. The molecule has 2 N–H and O–H groups in total. The van der Waals surface area contributed by atoms with Gasteiger partial charge in [-0.05, 0) is 47.3 Å². The topological polar surface area (TPSA) is 58.2 Å². The molecule has 1 saturated carbocycles. The zero-order chi connectivity index (χ0) is 19.7. The minimum Gasteiger partial charge on any atom is -0.356 e. The maximum Gasteiger partial charge on any atom is 0.227 e. The summed E-state index contributed by atoms with van der Waals surface area (Å²) in [5, 5.41) is 6.06. The van der Waals surface area contributed by atoms with Crippen molar-refractivity contribution in [3.63, 3.8) is 0 Å². The van der Waals surface area contributed by atoms with Crippen LogP contribution < -0.4 is 10.6 Å². The van der Waals surface area contributed by atoms with Gasteiger partial charge < -0.3 is 10.6 Å². The van der Waals surface area contributed by atoms with Crippen molar-refractivity contribution < 1.29 is 9.59 Å². The molecule has 0 radical (unpaired) electrons. The highest BCUT2D eigenvalue weighted by molar-refractivity contribution is 5.96. The maximum absolute atomic E-state index is 12.4. The summed E-state index contributed by atoms with van der Waals surface area (Å²) in [4.78, 5) is 24.7. The third-order valence-electron chi connectivity index (χ3n) is 6.56. The number of rotatable bonds is 6. The van der Waals surface area contributed by atoms with Gasteiger partial charge in [-0.15, -0.1) is 0 Å². The van der Waals surface area contributed by atoms with Crippen LogP contribution in [0.4, 0.5) is 5.69 Å². The molecular formula is C24H28N2O2. The lowest BCUT2D eigenvalue weighted by Gasteiger charge is -2.24. The third-order valence-corrected chi connectivity index (χ3v) is 6.56. The molecule has 2 aromatic rings. The van der Waals surface area contributed by atoms with E-state index in [1.807, 2.05) is 30.3 Å². The van der Waals surface area contributed by atoms with Crippen molar-refractivity contribution in [3.05, 3.63) is 65.7 Å². The summed E-state index contributed by atoms with van der Waals surface area (Å²) >= 11 is 0. The molecule has 0 aromatic heterocycles. The van der Waals surface area contributed by atoms with Crippen LogP contribution in [0.2, 0.25) is 0 Å². The molecule has 2 aromatic carbocycles. The normalized spacial score (nSPS) is 24.8. The number of fused-ring (bicyclic) bond motifs is 1. The lowest BCUT2D eigenvalue weighted by atomic mass is 9.89. The Morgan fingerprint density at radius 3 is 2.61 bits per heavy atom. The van der Waals surface area contributed by atoms with E-state index >= 15 is 0 Å². The van der Waals surface area contributed by atoms with Crippen LogP contribution in [-0.2, 0) is 16.0 Å². The van der Waals surface area contributed by atoms with E-state index in [0.717, 1.165) is 11.3 Å². The van der Waals surface area contributed by atoms with E-state index in [9.17, 15) is 9.59 Å². The first-order valence-corrected chi connectivity index (χ1v) is 10.2. The van der Waals surface area contributed by atoms with Crippen LogP contribution >= 0.6 is 0 Å². The van der Waals surface area contributed by atoms with Crippen LogP contribution in [-0.4, -0.2) is 18.4 Å². The van der Waals surface area contributed by atoms with Gasteiger partial charge in [-0.2, -0.15) is 0 Å². The van der Waals surface area contributed by atoms with Gasteiger partial charge in [0, 0.05) is 24.6 Å². The summed E-state index contributed by atoms with van der Waals surface area (Å²) < 4.78 is 0. The molecule has 2 aliphatic rings. The summed E-state index contributed by atoms with van der Waals surface area (Å²) in [6, 6.07) is 18.4. The number of benzene rings is 2. The van der Waals surface area contributed by atoms with E-state index in [1.165, 1.54) is 5.56 Å². The molecule has 1 aliphatic carbocycles. The average molecular weight is 377 g/mol. The standard InChI is InChI=1S/C24H28N2O2/c1-24(2)19(22(24)16-8-4-3-5-9-16)15-25-21(27)13-12-18-14-17-10-6-7-11-20(17)26-23(18)28/h3-11,18-19,22H,12-15H2,1-2H3,(H,25,27)(H,26,28)/t18-,19-,22+/m1/s1. The molecule has 146 valence electrons. The number of hydrogen-bond donors (Lipinski definition) is 2. The van der Waals surface area contributed by atoms with Gasteiger partial charge in [0.15, 0.2) is 0 Å².